The van der Waals surface area contributed by atoms with Gasteiger partial charge in [0, 0.05) is 0 Å². The second-order valence-electron chi connectivity index (χ2n) is 4.59. The van der Waals surface area contributed by atoms with E-state index in [0.717, 1.165) is 19.3 Å². The normalized spacial score (nSPS) is 52.9. The van der Waals surface area contributed by atoms with Crippen molar-refractivity contribution in [3.63, 3.8) is 0 Å². The molecule has 1 nitrogen and oxygen atoms in total. The van der Waals surface area contributed by atoms with Crippen molar-refractivity contribution >= 4 is 52.2 Å². The molecule has 2 saturated carbocycles. The van der Waals surface area contributed by atoms with Crippen molar-refractivity contribution in [2.45, 2.75) is 29.0 Å². The van der Waals surface area contributed by atoms with Gasteiger partial charge >= 0.3 is 0 Å². The summed E-state index contributed by atoms with van der Waals surface area (Å²) in [6, 6.07) is 0. The Morgan fingerprint density at radius 3 is 2.13 bits per heavy atom. The topological polar surface area (TPSA) is 17.1 Å². The zero-order valence-corrected chi connectivity index (χ0v) is 10.7. The summed E-state index contributed by atoms with van der Waals surface area (Å²) in [6.45, 7) is 0. The maximum Gasteiger partial charge on any atom is 0.198 e. The molecular weight excluding hydrogens is 278 g/mol. The molecule has 82 valence electrons. The molecule has 2 fully saturated rings. The van der Waals surface area contributed by atoms with Crippen LogP contribution < -0.4 is 0 Å². The Bertz CT molecular complexity index is 404. The minimum atomic E-state index is -1.08. The number of allylic oxidation sites excluding steroid dienone is 2. The fourth-order valence-corrected chi connectivity index (χ4v) is 5.31. The van der Waals surface area contributed by atoms with Gasteiger partial charge in [-0.3, -0.25) is 4.79 Å². The summed E-state index contributed by atoms with van der Waals surface area (Å²) < 4.78 is 0. The zero-order chi connectivity index (χ0) is 11.0. The molecule has 2 bridgehead atoms. The predicted molar refractivity (Wildman–Crippen MR) is 61.7 cm³/mol. The summed E-state index contributed by atoms with van der Waals surface area (Å²) in [6.07, 6.45) is 2.82. The van der Waals surface area contributed by atoms with Gasteiger partial charge in [-0.15, -0.1) is 23.2 Å². The van der Waals surface area contributed by atoms with Gasteiger partial charge in [-0.05, 0) is 31.1 Å². The summed E-state index contributed by atoms with van der Waals surface area (Å²) in [5.41, 5.74) is 0. The molecule has 0 radical (unpaired) electrons. The number of ketones is 1. The largest absolute Gasteiger partial charge is 0.291 e. The molecule has 0 saturated heterocycles. The van der Waals surface area contributed by atoms with E-state index >= 15 is 0 Å². The zero-order valence-electron chi connectivity index (χ0n) is 7.70. The average Bonchev–Trinajstić information content (AvgIpc) is 2.81. The Morgan fingerprint density at radius 1 is 1.07 bits per heavy atom. The predicted octanol–water partition coefficient (Wildman–Crippen LogP) is 3.64. The highest BCUT2D eigenvalue weighted by Gasteiger charge is 2.75. The molecule has 4 atom stereocenters. The maximum absolute atomic E-state index is 12.0. The molecular formula is C10H8Cl4O. The first-order valence-electron chi connectivity index (χ1n) is 4.92. The molecule has 0 N–H and O–H groups in total. The Balaban J connectivity index is 2.25. The van der Waals surface area contributed by atoms with Crippen molar-refractivity contribution in [3.8, 4) is 0 Å². The van der Waals surface area contributed by atoms with Gasteiger partial charge in [0.2, 0.25) is 0 Å². The van der Waals surface area contributed by atoms with E-state index in [0.29, 0.717) is 0 Å². The van der Waals surface area contributed by atoms with Crippen LogP contribution >= 0.6 is 46.4 Å². The highest BCUT2D eigenvalue weighted by Crippen LogP contribution is 2.70. The van der Waals surface area contributed by atoms with Crippen LogP contribution in [-0.4, -0.2) is 15.5 Å². The van der Waals surface area contributed by atoms with E-state index in [1.807, 2.05) is 0 Å². The SMILES string of the molecule is O=C1C(Cl)=C(Cl)[C@]2(Cl)[C@H]3CC[C@H](C3)[C@@]12Cl. The smallest absolute Gasteiger partial charge is 0.198 e. The first kappa shape index (κ1) is 10.7. The highest BCUT2D eigenvalue weighted by atomic mass is 35.5. The van der Waals surface area contributed by atoms with Crippen LogP contribution in [0.1, 0.15) is 19.3 Å². The molecule has 0 heterocycles. The number of hydrogen-bond acceptors (Lipinski definition) is 1. The fraction of sp³-hybridized carbons (Fsp3) is 0.700. The number of fused-ring (bicyclic) bond motifs is 5. The lowest BCUT2D eigenvalue weighted by atomic mass is 9.79. The molecule has 0 aliphatic heterocycles. The van der Waals surface area contributed by atoms with Crippen molar-refractivity contribution in [2.24, 2.45) is 11.8 Å². The fourth-order valence-electron chi connectivity index (χ4n) is 3.41. The van der Waals surface area contributed by atoms with Crippen molar-refractivity contribution in [1.82, 2.24) is 0 Å². The molecule has 0 aromatic heterocycles. The Labute approximate surface area is 108 Å². The minimum absolute atomic E-state index is 0.0401. The molecule has 3 aliphatic rings. The van der Waals surface area contributed by atoms with Gasteiger partial charge in [0.05, 0.1) is 5.03 Å². The quantitative estimate of drug-likeness (QED) is 0.621. The van der Waals surface area contributed by atoms with Crippen molar-refractivity contribution < 1.29 is 4.79 Å². The molecule has 3 aliphatic carbocycles. The van der Waals surface area contributed by atoms with E-state index in [1.165, 1.54) is 0 Å². The van der Waals surface area contributed by atoms with E-state index in [-0.39, 0.29) is 27.7 Å². The minimum Gasteiger partial charge on any atom is -0.291 e. The standard InChI is InChI=1S/C10H8Cl4O/c11-6-7(12)9(13)4-1-2-5(3-4)10(9,14)8(6)15/h4-5H,1-3H2/t4-,5+,9+,10+/m0/s1. The van der Waals surface area contributed by atoms with E-state index in [2.05, 4.69) is 0 Å². The van der Waals surface area contributed by atoms with E-state index < -0.39 is 9.75 Å². The molecule has 0 aromatic rings. The van der Waals surface area contributed by atoms with Crippen LogP contribution in [0.25, 0.3) is 0 Å². The number of hydrogen-bond donors (Lipinski definition) is 0. The summed E-state index contributed by atoms with van der Waals surface area (Å²) in [5, 5.41) is 0.302. The van der Waals surface area contributed by atoms with Gasteiger partial charge in [0.1, 0.15) is 14.8 Å². The lowest BCUT2D eigenvalue weighted by molar-refractivity contribution is -0.118. The molecule has 0 spiro atoms. The molecule has 5 heteroatoms. The molecule has 15 heavy (non-hydrogen) atoms. The Morgan fingerprint density at radius 2 is 1.60 bits per heavy atom. The molecule has 0 aromatic carbocycles. The van der Waals surface area contributed by atoms with E-state index in [4.69, 9.17) is 46.4 Å². The first-order valence-corrected chi connectivity index (χ1v) is 6.43. The average molecular weight is 286 g/mol. The summed E-state index contributed by atoms with van der Waals surface area (Å²) in [5.74, 6) is 0.0339. The van der Waals surface area contributed by atoms with E-state index in [9.17, 15) is 4.79 Å². The number of carbonyl (C=O) groups excluding carboxylic acids is 1. The van der Waals surface area contributed by atoms with Crippen LogP contribution in [0.15, 0.2) is 10.1 Å². The van der Waals surface area contributed by atoms with Crippen LogP contribution in [0.5, 0.6) is 0 Å². The Hall–Kier alpha value is 0.570. The second kappa shape index (κ2) is 2.87. The third kappa shape index (κ3) is 0.900. The van der Waals surface area contributed by atoms with Gasteiger partial charge in [-0.1, -0.05) is 23.2 Å². The van der Waals surface area contributed by atoms with Crippen molar-refractivity contribution in [3.05, 3.63) is 10.1 Å². The third-order valence-electron chi connectivity index (χ3n) is 4.13. The summed E-state index contributed by atoms with van der Waals surface area (Å²) in [4.78, 5) is 10.0. The van der Waals surface area contributed by atoms with Crippen molar-refractivity contribution in [2.75, 3.05) is 0 Å². The monoisotopic (exact) mass is 284 g/mol. The van der Waals surface area contributed by atoms with Gasteiger partial charge < -0.3 is 0 Å². The van der Waals surface area contributed by atoms with Crippen LogP contribution in [0.2, 0.25) is 0 Å². The Kier molecular flexibility index (Phi) is 2.05. The number of carbonyl (C=O) groups is 1. The lowest BCUT2D eigenvalue weighted by Crippen LogP contribution is -2.51. The second-order valence-corrected chi connectivity index (χ2v) is 6.54. The summed E-state index contributed by atoms with van der Waals surface area (Å²) >= 11 is 24.9. The van der Waals surface area contributed by atoms with Crippen LogP contribution in [-0.2, 0) is 4.79 Å². The maximum atomic E-state index is 12.0. The lowest BCUT2D eigenvalue weighted by Gasteiger charge is -2.39. The van der Waals surface area contributed by atoms with Gasteiger partial charge in [-0.25, -0.2) is 0 Å². The van der Waals surface area contributed by atoms with Gasteiger partial charge in [0.25, 0.3) is 0 Å². The van der Waals surface area contributed by atoms with Gasteiger partial charge in [-0.2, -0.15) is 0 Å². The third-order valence-corrected chi connectivity index (χ3v) is 6.84. The molecule has 0 unspecified atom stereocenters. The van der Waals surface area contributed by atoms with Crippen molar-refractivity contribution in [1.29, 1.82) is 0 Å². The van der Waals surface area contributed by atoms with E-state index in [1.54, 1.807) is 0 Å². The number of halogens is 4. The number of rotatable bonds is 0. The number of alkyl halides is 2. The molecule has 0 amide bonds. The van der Waals surface area contributed by atoms with Crippen LogP contribution in [0.4, 0.5) is 0 Å². The van der Waals surface area contributed by atoms with Gasteiger partial charge in [0.15, 0.2) is 5.78 Å². The first-order chi connectivity index (χ1) is 6.94. The van der Waals surface area contributed by atoms with Crippen LogP contribution in [0, 0.1) is 11.8 Å². The number of Topliss-reactive ketones (excluding diaryl/α,β-unsaturated/α-hetero) is 1. The highest BCUT2D eigenvalue weighted by molar-refractivity contribution is 6.62. The summed E-state index contributed by atoms with van der Waals surface area (Å²) in [7, 11) is 0. The van der Waals surface area contributed by atoms with Crippen LogP contribution in [0.3, 0.4) is 0 Å². The molecule has 3 rings (SSSR count).